The van der Waals surface area contributed by atoms with Gasteiger partial charge >= 0.3 is 0 Å². The Hall–Kier alpha value is -1.02. The lowest BCUT2D eigenvalue weighted by Crippen LogP contribution is -2.29. The van der Waals surface area contributed by atoms with Crippen molar-refractivity contribution < 1.29 is 0 Å². The summed E-state index contributed by atoms with van der Waals surface area (Å²) in [5.74, 6) is 0. The van der Waals surface area contributed by atoms with E-state index >= 15 is 0 Å². The molecule has 2 N–H and O–H groups in total. The van der Waals surface area contributed by atoms with Crippen molar-refractivity contribution in [2.45, 2.75) is 6.42 Å². The summed E-state index contributed by atoms with van der Waals surface area (Å²) in [7, 11) is 0. The third-order valence-electron chi connectivity index (χ3n) is 2.80. The van der Waals surface area contributed by atoms with E-state index in [-0.39, 0.29) is 0 Å². The fourth-order valence-electron chi connectivity index (χ4n) is 1.85. The summed E-state index contributed by atoms with van der Waals surface area (Å²) in [4.78, 5) is 5.83. The van der Waals surface area contributed by atoms with Crippen LogP contribution in [0, 0.1) is 0 Å². The Bertz CT molecular complexity index is 733. The van der Waals surface area contributed by atoms with E-state index in [9.17, 15) is 0 Å². The molecule has 108 valence electrons. The van der Waals surface area contributed by atoms with Crippen LogP contribution in [0.5, 0.6) is 0 Å². The molecule has 0 radical (unpaired) electrons. The van der Waals surface area contributed by atoms with Gasteiger partial charge in [0.1, 0.15) is 0 Å². The Morgan fingerprint density at radius 2 is 2.05 bits per heavy atom. The zero-order valence-electron chi connectivity index (χ0n) is 10.9. The Morgan fingerprint density at radius 1 is 1.19 bits per heavy atom. The third kappa shape index (κ3) is 4.00. The van der Waals surface area contributed by atoms with Gasteiger partial charge in [0.25, 0.3) is 0 Å². The van der Waals surface area contributed by atoms with Crippen LogP contribution in [0.3, 0.4) is 0 Å². The first-order valence-electron chi connectivity index (χ1n) is 6.35. The maximum absolute atomic E-state index is 5.30. The number of rotatable bonds is 4. The molecule has 0 saturated carbocycles. The van der Waals surface area contributed by atoms with Crippen molar-refractivity contribution in [3.8, 4) is 0 Å². The Kier molecular flexibility index (Phi) is 4.84. The molecule has 3 nitrogen and oxygen atoms in total. The lowest BCUT2D eigenvalue weighted by atomic mass is 10.3. The molecule has 0 aliphatic carbocycles. The number of halogens is 1. The molecule has 7 heteroatoms. The summed E-state index contributed by atoms with van der Waals surface area (Å²) in [6.45, 7) is 0.809. The van der Waals surface area contributed by atoms with E-state index in [1.54, 1.807) is 22.7 Å². The predicted octanol–water partition coefficient (Wildman–Crippen LogP) is 4.65. The largest absolute Gasteiger partial charge is 0.362 e. The molecule has 2 heterocycles. The minimum Gasteiger partial charge on any atom is -0.362 e. The average molecular weight is 398 g/mol. The highest BCUT2D eigenvalue weighted by molar-refractivity contribution is 9.11. The van der Waals surface area contributed by atoms with Gasteiger partial charge in [0.15, 0.2) is 10.2 Å². The molecule has 0 atom stereocenters. The predicted molar refractivity (Wildman–Crippen MR) is 99.6 cm³/mol. The number of thiazole rings is 1. The van der Waals surface area contributed by atoms with Gasteiger partial charge in [0, 0.05) is 11.4 Å². The normalized spacial score (nSPS) is 10.7. The highest BCUT2D eigenvalue weighted by Crippen LogP contribution is 2.25. The zero-order chi connectivity index (χ0) is 14.7. The summed E-state index contributed by atoms with van der Waals surface area (Å²) in [5, 5.41) is 7.80. The SMILES string of the molecule is S=C(NCCc1ccc(Br)s1)Nc1nc2ccccc2s1. The van der Waals surface area contributed by atoms with Crippen LogP contribution in [-0.4, -0.2) is 16.6 Å². The first-order valence-corrected chi connectivity index (χ1v) is 9.19. The fourth-order valence-corrected chi connectivity index (χ4v) is 4.47. The molecule has 0 unspecified atom stereocenters. The molecule has 0 aliphatic rings. The molecule has 3 rings (SSSR count). The van der Waals surface area contributed by atoms with Crippen molar-refractivity contribution in [3.05, 3.63) is 45.1 Å². The second-order valence-corrected chi connectivity index (χ2v) is 8.31. The van der Waals surface area contributed by atoms with Crippen molar-refractivity contribution >= 4 is 71.3 Å². The number of nitrogens with zero attached hydrogens (tertiary/aromatic N) is 1. The maximum atomic E-state index is 5.30. The molecule has 0 aliphatic heterocycles. The number of thiocarbonyl (C=S) groups is 1. The molecule has 3 aromatic rings. The van der Waals surface area contributed by atoms with Crippen LogP contribution >= 0.6 is 50.8 Å². The van der Waals surface area contributed by atoms with E-state index in [0.717, 1.165) is 32.1 Å². The van der Waals surface area contributed by atoms with Gasteiger partial charge < -0.3 is 10.6 Å². The van der Waals surface area contributed by atoms with Gasteiger partial charge in [0.2, 0.25) is 0 Å². The molecular formula is C14H12BrN3S3. The maximum Gasteiger partial charge on any atom is 0.190 e. The molecule has 2 aromatic heterocycles. The minimum atomic E-state index is 0.615. The number of aromatic nitrogens is 1. The Morgan fingerprint density at radius 3 is 2.81 bits per heavy atom. The van der Waals surface area contributed by atoms with Crippen molar-refractivity contribution in [1.82, 2.24) is 10.3 Å². The number of thiophene rings is 1. The first-order chi connectivity index (χ1) is 10.2. The van der Waals surface area contributed by atoms with Gasteiger partial charge in [-0.05, 0) is 58.8 Å². The lowest BCUT2D eigenvalue weighted by molar-refractivity contribution is 0.885. The van der Waals surface area contributed by atoms with Crippen molar-refractivity contribution in [2.75, 3.05) is 11.9 Å². The quantitative estimate of drug-likeness (QED) is 0.628. The van der Waals surface area contributed by atoms with Crippen LogP contribution in [0.15, 0.2) is 40.2 Å². The van der Waals surface area contributed by atoms with Gasteiger partial charge in [-0.3, -0.25) is 0 Å². The van der Waals surface area contributed by atoms with Gasteiger partial charge in [-0.2, -0.15) is 0 Å². The summed E-state index contributed by atoms with van der Waals surface area (Å²) in [6, 6.07) is 12.3. The van der Waals surface area contributed by atoms with Gasteiger partial charge in [-0.15, -0.1) is 11.3 Å². The van der Waals surface area contributed by atoms with Gasteiger partial charge in [-0.1, -0.05) is 23.5 Å². The highest BCUT2D eigenvalue weighted by Gasteiger charge is 2.05. The molecule has 0 amide bonds. The molecule has 0 saturated heterocycles. The number of para-hydroxylation sites is 1. The summed E-state index contributed by atoms with van der Waals surface area (Å²) >= 11 is 12.1. The van der Waals surface area contributed by atoms with E-state index in [0.29, 0.717) is 5.11 Å². The number of nitrogens with one attached hydrogen (secondary N) is 2. The van der Waals surface area contributed by atoms with Crippen molar-refractivity contribution in [3.63, 3.8) is 0 Å². The zero-order valence-corrected chi connectivity index (χ0v) is 15.0. The highest BCUT2D eigenvalue weighted by atomic mass is 79.9. The van der Waals surface area contributed by atoms with Crippen LogP contribution in [0.25, 0.3) is 10.2 Å². The summed E-state index contributed by atoms with van der Waals surface area (Å²) in [6.07, 6.45) is 0.956. The van der Waals surface area contributed by atoms with Crippen LogP contribution in [0.2, 0.25) is 0 Å². The molecule has 21 heavy (non-hydrogen) atoms. The second kappa shape index (κ2) is 6.83. The van der Waals surface area contributed by atoms with Crippen LogP contribution < -0.4 is 10.6 Å². The smallest absolute Gasteiger partial charge is 0.190 e. The number of anilines is 1. The number of hydrogen-bond acceptors (Lipinski definition) is 4. The topological polar surface area (TPSA) is 37.0 Å². The van der Waals surface area contributed by atoms with Gasteiger partial charge in [0.05, 0.1) is 14.0 Å². The van der Waals surface area contributed by atoms with Crippen molar-refractivity contribution in [2.24, 2.45) is 0 Å². The van der Waals surface area contributed by atoms with E-state index in [4.69, 9.17) is 12.2 Å². The van der Waals surface area contributed by atoms with E-state index in [2.05, 4.69) is 49.7 Å². The van der Waals surface area contributed by atoms with E-state index in [1.165, 1.54) is 4.88 Å². The number of fused-ring (bicyclic) bond motifs is 1. The van der Waals surface area contributed by atoms with Gasteiger partial charge in [-0.25, -0.2) is 4.98 Å². The molecule has 0 bridgehead atoms. The lowest BCUT2D eigenvalue weighted by Gasteiger charge is -2.07. The van der Waals surface area contributed by atoms with E-state index < -0.39 is 0 Å². The molecule has 0 spiro atoms. The minimum absolute atomic E-state index is 0.615. The standard InChI is InChI=1S/C14H12BrN3S3/c15-12-6-5-9(20-12)7-8-16-13(19)18-14-17-10-3-1-2-4-11(10)21-14/h1-6H,7-8H2,(H2,16,17,18,19). The Balaban J connectivity index is 1.51. The van der Waals surface area contributed by atoms with Crippen LogP contribution in [0.4, 0.5) is 5.13 Å². The van der Waals surface area contributed by atoms with Crippen LogP contribution in [0.1, 0.15) is 4.88 Å². The number of hydrogen-bond donors (Lipinski definition) is 2. The summed E-state index contributed by atoms with van der Waals surface area (Å²) < 4.78 is 2.32. The molecular weight excluding hydrogens is 386 g/mol. The van der Waals surface area contributed by atoms with E-state index in [1.807, 2.05) is 18.2 Å². The van der Waals surface area contributed by atoms with Crippen molar-refractivity contribution in [1.29, 1.82) is 0 Å². The molecule has 1 aromatic carbocycles. The average Bonchev–Trinajstić information content (AvgIpc) is 3.04. The Labute approximate surface area is 144 Å². The summed E-state index contributed by atoms with van der Waals surface area (Å²) in [5.41, 5.74) is 0.997. The first kappa shape index (κ1) is 14.9. The monoisotopic (exact) mass is 397 g/mol. The molecule has 0 fully saturated rings. The van der Waals surface area contributed by atoms with Crippen LogP contribution in [-0.2, 0) is 6.42 Å². The number of benzene rings is 1. The fraction of sp³-hybridized carbons (Fsp3) is 0.143. The third-order valence-corrected chi connectivity index (χ3v) is 5.68. The second-order valence-electron chi connectivity index (χ2n) is 4.32.